The normalized spacial score (nSPS) is 17.1. The summed E-state index contributed by atoms with van der Waals surface area (Å²) in [6.07, 6.45) is 9.05. The third-order valence-electron chi connectivity index (χ3n) is 9.69. The number of urea groups is 2. The molecule has 59 heavy (non-hydrogen) atoms. The number of nitrogens with one attached hydrogen (secondary N) is 2. The number of benzene rings is 2. The Morgan fingerprint density at radius 3 is 1.29 bits per heavy atom. The Balaban J connectivity index is 0.000000316. The van der Waals surface area contributed by atoms with Crippen LogP contribution < -0.4 is 20.1 Å². The van der Waals surface area contributed by atoms with Gasteiger partial charge in [0, 0.05) is 52.1 Å². The van der Waals surface area contributed by atoms with Gasteiger partial charge in [-0.2, -0.15) is 0 Å². The van der Waals surface area contributed by atoms with Gasteiger partial charge in [-0.3, -0.25) is 0 Å². The zero-order valence-corrected chi connectivity index (χ0v) is 34.3. The predicted octanol–water partition coefficient (Wildman–Crippen LogP) is 1.29. The summed E-state index contributed by atoms with van der Waals surface area (Å²) in [5.41, 5.74) is 5.61. The van der Waals surface area contributed by atoms with E-state index in [1.165, 1.54) is 35.1 Å². The second kappa shape index (κ2) is 25.0. The molecule has 0 spiro atoms. The SMILES string of the molecule is CN(C)CCNC(=O)N1CCC(Oc2cccc3c2CCC3)C1.CN(C)CCNC(=O)N1CCC(Oc2cccc3c2CCC3)C1.O.O=C(O)C(=O)O.O=C(O)C(=O)O. The first-order valence-electron chi connectivity index (χ1n) is 19.4. The highest BCUT2D eigenvalue weighted by Crippen LogP contribution is 2.33. The van der Waals surface area contributed by atoms with Crippen molar-refractivity contribution in [1.82, 2.24) is 30.2 Å². The summed E-state index contributed by atoms with van der Waals surface area (Å²) in [6.45, 7) is 5.97. The van der Waals surface area contributed by atoms with Crippen molar-refractivity contribution in [2.45, 2.75) is 63.6 Å². The molecule has 2 aliphatic heterocycles. The average molecular weight is 833 g/mol. The molecule has 4 aliphatic rings. The maximum Gasteiger partial charge on any atom is 0.414 e. The molecule has 0 radical (unpaired) electrons. The summed E-state index contributed by atoms with van der Waals surface area (Å²) in [6, 6.07) is 12.8. The van der Waals surface area contributed by atoms with Crippen molar-refractivity contribution < 1.29 is 64.1 Å². The number of carbonyl (C=O) groups is 6. The van der Waals surface area contributed by atoms with Crippen molar-refractivity contribution in [3.63, 3.8) is 0 Å². The molecule has 0 saturated carbocycles. The third-order valence-corrected chi connectivity index (χ3v) is 9.69. The van der Waals surface area contributed by atoms with E-state index in [1.54, 1.807) is 0 Å². The number of hydrogen-bond donors (Lipinski definition) is 6. The molecule has 328 valence electrons. The van der Waals surface area contributed by atoms with Crippen molar-refractivity contribution in [3.8, 4) is 11.5 Å². The molecule has 2 aromatic carbocycles. The number of carboxylic acids is 4. The van der Waals surface area contributed by atoms with Gasteiger partial charge in [-0.25, -0.2) is 28.8 Å². The maximum absolute atomic E-state index is 12.2. The zero-order valence-electron chi connectivity index (χ0n) is 34.3. The molecule has 0 aromatic heterocycles. The molecule has 0 bridgehead atoms. The second-order valence-electron chi connectivity index (χ2n) is 14.7. The molecule has 2 fully saturated rings. The molecule has 8 N–H and O–H groups in total. The van der Waals surface area contributed by atoms with Gasteiger partial charge < -0.3 is 65.6 Å². The van der Waals surface area contributed by atoms with E-state index in [0.717, 1.165) is 76.2 Å². The number of rotatable bonds is 10. The first kappa shape index (κ1) is 49.5. The molecule has 6 rings (SSSR count). The van der Waals surface area contributed by atoms with Crippen molar-refractivity contribution in [3.05, 3.63) is 58.7 Å². The van der Waals surface area contributed by atoms with E-state index in [4.69, 9.17) is 49.1 Å². The monoisotopic (exact) mass is 832 g/mol. The Kier molecular flexibility index (Phi) is 20.9. The van der Waals surface area contributed by atoms with Crippen molar-refractivity contribution in [2.24, 2.45) is 0 Å². The van der Waals surface area contributed by atoms with Gasteiger partial charge in [-0.05, 0) is 101 Å². The standard InChI is InChI=1S/2C18H27N3O2.2C2H2O4.H2O/c2*1-20(2)12-10-19-18(22)21-11-9-15(13-21)23-17-8-4-6-14-5-3-7-16(14)17;2*3-1(4)2(5)6;/h2*4,6,8,15H,3,5,7,9-13H2,1-2H3,(H,19,22);2*(H,3,4)(H,5,6);1H2. The Bertz CT molecular complexity index is 1580. The smallest absolute Gasteiger partial charge is 0.414 e. The van der Waals surface area contributed by atoms with Crippen LogP contribution in [0, 0.1) is 0 Å². The van der Waals surface area contributed by atoms with Gasteiger partial charge in [0.2, 0.25) is 0 Å². The Morgan fingerprint density at radius 1 is 0.610 bits per heavy atom. The van der Waals surface area contributed by atoms with Crippen LogP contribution >= 0.6 is 0 Å². The van der Waals surface area contributed by atoms with Gasteiger partial charge in [0.1, 0.15) is 23.7 Å². The van der Waals surface area contributed by atoms with Gasteiger partial charge >= 0.3 is 35.9 Å². The highest BCUT2D eigenvalue weighted by molar-refractivity contribution is 6.27. The molecule has 2 aliphatic carbocycles. The molecule has 2 atom stereocenters. The fourth-order valence-corrected chi connectivity index (χ4v) is 6.76. The van der Waals surface area contributed by atoms with E-state index >= 15 is 0 Å². The minimum absolute atomic E-state index is 0. The van der Waals surface area contributed by atoms with Crippen molar-refractivity contribution in [2.75, 3.05) is 80.5 Å². The van der Waals surface area contributed by atoms with E-state index in [-0.39, 0.29) is 29.7 Å². The highest BCUT2D eigenvalue weighted by atomic mass is 16.5. The van der Waals surface area contributed by atoms with Crippen LogP contribution in [0.25, 0.3) is 0 Å². The number of fused-ring (bicyclic) bond motifs is 2. The van der Waals surface area contributed by atoms with Gasteiger partial charge in [-0.15, -0.1) is 0 Å². The van der Waals surface area contributed by atoms with Gasteiger partial charge in [0.25, 0.3) is 0 Å². The molecule has 19 nitrogen and oxygen atoms in total. The molecule has 2 unspecified atom stereocenters. The fourth-order valence-electron chi connectivity index (χ4n) is 6.76. The van der Waals surface area contributed by atoms with Crippen LogP contribution in [-0.2, 0) is 44.9 Å². The quantitative estimate of drug-likeness (QED) is 0.184. The van der Waals surface area contributed by atoms with Gasteiger partial charge in [-0.1, -0.05) is 24.3 Å². The van der Waals surface area contributed by atoms with E-state index in [9.17, 15) is 9.59 Å². The number of nitrogens with zero attached hydrogens (tertiary/aromatic N) is 4. The predicted molar refractivity (Wildman–Crippen MR) is 216 cm³/mol. The number of ether oxygens (including phenoxy) is 2. The van der Waals surface area contributed by atoms with E-state index in [0.29, 0.717) is 26.2 Å². The number of hydrogen-bond acceptors (Lipinski definition) is 10. The van der Waals surface area contributed by atoms with Crippen molar-refractivity contribution >= 4 is 35.9 Å². The topological polar surface area (TPSA) is 270 Å². The lowest BCUT2D eigenvalue weighted by Gasteiger charge is -2.19. The number of aliphatic carboxylic acids is 4. The number of carboxylic acid groups (broad SMARTS) is 4. The summed E-state index contributed by atoms with van der Waals surface area (Å²) in [5.74, 6) is -5.24. The minimum Gasteiger partial charge on any atom is -0.488 e. The van der Waals surface area contributed by atoms with Crippen LogP contribution in [0.2, 0.25) is 0 Å². The van der Waals surface area contributed by atoms with Crippen LogP contribution in [0.1, 0.15) is 47.9 Å². The average Bonchev–Trinajstić information content (AvgIpc) is 4.00. The third kappa shape index (κ3) is 17.0. The Hall–Kier alpha value is -5.66. The molecular formula is C40H60N6O13. The molecule has 2 aromatic rings. The van der Waals surface area contributed by atoms with E-state index in [1.807, 2.05) is 38.0 Å². The first-order chi connectivity index (χ1) is 27.5. The summed E-state index contributed by atoms with van der Waals surface area (Å²) >= 11 is 0. The van der Waals surface area contributed by atoms with Gasteiger partial charge in [0.05, 0.1) is 13.1 Å². The summed E-state index contributed by atoms with van der Waals surface area (Å²) in [7, 11) is 8.02. The maximum atomic E-state index is 12.2. The Morgan fingerprint density at radius 2 is 0.966 bits per heavy atom. The summed E-state index contributed by atoms with van der Waals surface area (Å²) < 4.78 is 12.4. The van der Waals surface area contributed by atoms with Gasteiger partial charge in [0.15, 0.2) is 0 Å². The highest BCUT2D eigenvalue weighted by Gasteiger charge is 2.30. The lowest BCUT2D eigenvalue weighted by molar-refractivity contribution is -0.159. The largest absolute Gasteiger partial charge is 0.488 e. The second-order valence-corrected chi connectivity index (χ2v) is 14.7. The number of carbonyl (C=O) groups excluding carboxylic acids is 2. The molecule has 19 heteroatoms. The number of likely N-dealkylation sites (tertiary alicyclic amines) is 2. The minimum atomic E-state index is -1.82. The first-order valence-corrected chi connectivity index (χ1v) is 19.4. The van der Waals surface area contributed by atoms with E-state index < -0.39 is 23.9 Å². The lowest BCUT2D eigenvalue weighted by atomic mass is 10.1. The fraction of sp³-hybridized carbons (Fsp3) is 0.550. The van der Waals surface area contributed by atoms with Crippen LogP contribution in [0.5, 0.6) is 11.5 Å². The number of amides is 4. The number of aryl methyl sites for hydroxylation is 2. The van der Waals surface area contributed by atoms with Crippen molar-refractivity contribution in [1.29, 1.82) is 0 Å². The zero-order chi connectivity index (χ0) is 42.8. The van der Waals surface area contributed by atoms with Crippen LogP contribution in [0.4, 0.5) is 9.59 Å². The summed E-state index contributed by atoms with van der Waals surface area (Å²) in [5, 5.41) is 35.5. The molecule has 4 amide bonds. The Labute approximate surface area is 344 Å². The van der Waals surface area contributed by atoms with E-state index in [2.05, 4.69) is 56.8 Å². The van der Waals surface area contributed by atoms with Crippen LogP contribution in [0.15, 0.2) is 36.4 Å². The summed E-state index contributed by atoms with van der Waals surface area (Å²) in [4.78, 5) is 68.6. The molecule has 2 saturated heterocycles. The lowest BCUT2D eigenvalue weighted by Crippen LogP contribution is -2.41. The van der Waals surface area contributed by atoms with Crippen LogP contribution in [-0.4, -0.2) is 174 Å². The molecular weight excluding hydrogens is 772 g/mol. The number of likely N-dealkylation sites (N-methyl/N-ethyl adjacent to an activating group) is 2. The molecule has 2 heterocycles. The van der Waals surface area contributed by atoms with Crippen LogP contribution in [0.3, 0.4) is 0 Å².